The van der Waals surface area contributed by atoms with Gasteiger partial charge in [-0.05, 0) is 36.8 Å². The van der Waals surface area contributed by atoms with Crippen molar-refractivity contribution >= 4 is 17.6 Å². The molecule has 1 atom stereocenters. The minimum atomic E-state index is -0.130. The zero-order valence-corrected chi connectivity index (χ0v) is 11.2. The number of carbonyl (C=O) groups excluding carboxylic acids is 1. The lowest BCUT2D eigenvalue weighted by atomic mass is 9.96. The first kappa shape index (κ1) is 14.0. The second-order valence-corrected chi connectivity index (χ2v) is 4.78. The lowest BCUT2D eigenvalue weighted by Gasteiger charge is -2.12. The van der Waals surface area contributed by atoms with Crippen molar-refractivity contribution in [3.8, 4) is 0 Å². The largest absolute Gasteiger partial charge is 0.469 e. The zero-order chi connectivity index (χ0) is 12.7. The molecule has 0 aliphatic heterocycles. The second-order valence-electron chi connectivity index (χ2n) is 4.37. The van der Waals surface area contributed by atoms with Crippen molar-refractivity contribution in [1.82, 2.24) is 0 Å². The normalized spacial score (nSPS) is 12.2. The van der Waals surface area contributed by atoms with E-state index in [1.165, 1.54) is 12.7 Å². The number of hydrogen-bond donors (Lipinski definition) is 0. The molecule has 0 aliphatic carbocycles. The monoisotopic (exact) mass is 254 g/mol. The van der Waals surface area contributed by atoms with Crippen LogP contribution in [-0.4, -0.2) is 13.1 Å². The van der Waals surface area contributed by atoms with Gasteiger partial charge in [-0.2, -0.15) is 0 Å². The lowest BCUT2D eigenvalue weighted by Crippen LogP contribution is -2.04. The molecule has 2 nitrogen and oxygen atoms in total. The Bertz CT molecular complexity index is 363. The van der Waals surface area contributed by atoms with Crippen LogP contribution in [0, 0.1) is 5.92 Å². The third kappa shape index (κ3) is 5.22. The molecule has 0 aromatic heterocycles. The second kappa shape index (κ2) is 7.33. The van der Waals surface area contributed by atoms with Crippen molar-refractivity contribution in [2.75, 3.05) is 7.11 Å². The maximum atomic E-state index is 11.0. The van der Waals surface area contributed by atoms with Gasteiger partial charge in [0.15, 0.2) is 0 Å². The lowest BCUT2D eigenvalue weighted by molar-refractivity contribution is -0.140. The molecule has 0 aliphatic rings. The fourth-order valence-electron chi connectivity index (χ4n) is 1.84. The molecule has 1 aromatic rings. The van der Waals surface area contributed by atoms with Gasteiger partial charge in [0.05, 0.1) is 7.11 Å². The Morgan fingerprint density at radius 2 is 2.12 bits per heavy atom. The van der Waals surface area contributed by atoms with Crippen molar-refractivity contribution < 1.29 is 9.53 Å². The molecule has 0 fully saturated rings. The Morgan fingerprint density at radius 3 is 2.76 bits per heavy atom. The number of carbonyl (C=O) groups is 1. The van der Waals surface area contributed by atoms with Gasteiger partial charge in [0.1, 0.15) is 0 Å². The SMILES string of the molecule is COC(=O)CCCC(C)Cc1ccccc1Cl. The summed E-state index contributed by atoms with van der Waals surface area (Å²) in [5.41, 5.74) is 1.18. The molecule has 1 aromatic carbocycles. The summed E-state index contributed by atoms with van der Waals surface area (Å²) in [6.45, 7) is 2.18. The van der Waals surface area contributed by atoms with E-state index in [9.17, 15) is 4.79 Å². The molecule has 3 heteroatoms. The summed E-state index contributed by atoms with van der Waals surface area (Å²) >= 11 is 6.10. The van der Waals surface area contributed by atoms with Gasteiger partial charge in [0.25, 0.3) is 0 Å². The van der Waals surface area contributed by atoms with E-state index in [1.54, 1.807) is 0 Å². The maximum absolute atomic E-state index is 11.0. The minimum Gasteiger partial charge on any atom is -0.469 e. The van der Waals surface area contributed by atoms with Crippen LogP contribution in [0.5, 0.6) is 0 Å². The topological polar surface area (TPSA) is 26.3 Å². The van der Waals surface area contributed by atoms with Crippen LogP contribution in [-0.2, 0) is 16.0 Å². The molecule has 0 saturated carbocycles. The molecule has 94 valence electrons. The van der Waals surface area contributed by atoms with Crippen molar-refractivity contribution in [2.24, 2.45) is 5.92 Å². The Morgan fingerprint density at radius 1 is 1.41 bits per heavy atom. The first-order chi connectivity index (χ1) is 8.13. The molecule has 1 unspecified atom stereocenters. The van der Waals surface area contributed by atoms with E-state index >= 15 is 0 Å². The van der Waals surface area contributed by atoms with Gasteiger partial charge >= 0.3 is 5.97 Å². The fraction of sp³-hybridized carbons (Fsp3) is 0.500. The number of benzene rings is 1. The minimum absolute atomic E-state index is 0.130. The van der Waals surface area contributed by atoms with Gasteiger partial charge in [-0.1, -0.05) is 36.7 Å². The summed E-state index contributed by atoms with van der Waals surface area (Å²) in [5, 5.41) is 0.826. The Labute approximate surface area is 108 Å². The number of esters is 1. The van der Waals surface area contributed by atoms with E-state index in [0.29, 0.717) is 12.3 Å². The molecule has 0 N–H and O–H groups in total. The predicted octanol–water partition coefficient (Wildman–Crippen LogP) is 3.86. The number of ether oxygens (including phenoxy) is 1. The van der Waals surface area contributed by atoms with Gasteiger partial charge in [-0.3, -0.25) is 4.79 Å². The number of halogens is 1. The summed E-state index contributed by atoms with van der Waals surface area (Å²) < 4.78 is 4.61. The van der Waals surface area contributed by atoms with Gasteiger partial charge < -0.3 is 4.74 Å². The summed E-state index contributed by atoms with van der Waals surface area (Å²) in [6, 6.07) is 7.91. The highest BCUT2D eigenvalue weighted by atomic mass is 35.5. The molecule has 0 heterocycles. The molecule has 0 bridgehead atoms. The van der Waals surface area contributed by atoms with E-state index < -0.39 is 0 Å². The summed E-state index contributed by atoms with van der Waals surface area (Å²) in [7, 11) is 1.43. The van der Waals surface area contributed by atoms with Crippen LogP contribution in [0.15, 0.2) is 24.3 Å². The van der Waals surface area contributed by atoms with E-state index in [0.717, 1.165) is 24.3 Å². The van der Waals surface area contributed by atoms with E-state index in [-0.39, 0.29) is 5.97 Å². The molecular formula is C14H19ClO2. The smallest absolute Gasteiger partial charge is 0.305 e. The summed E-state index contributed by atoms with van der Waals surface area (Å²) in [4.78, 5) is 11.0. The van der Waals surface area contributed by atoms with Crippen molar-refractivity contribution in [2.45, 2.75) is 32.6 Å². The first-order valence-electron chi connectivity index (χ1n) is 5.93. The average molecular weight is 255 g/mol. The Kier molecular flexibility index (Phi) is 6.06. The van der Waals surface area contributed by atoms with Crippen LogP contribution in [0.4, 0.5) is 0 Å². The highest BCUT2D eigenvalue weighted by molar-refractivity contribution is 6.31. The predicted molar refractivity (Wildman–Crippen MR) is 70.2 cm³/mol. The standard InChI is InChI=1S/C14H19ClO2/c1-11(6-5-9-14(16)17-2)10-12-7-3-4-8-13(12)15/h3-4,7-8,11H,5-6,9-10H2,1-2H3. The van der Waals surface area contributed by atoms with Crippen molar-refractivity contribution in [1.29, 1.82) is 0 Å². The number of methoxy groups -OCH3 is 1. The first-order valence-corrected chi connectivity index (χ1v) is 6.31. The molecule has 0 spiro atoms. The molecule has 1 rings (SSSR count). The Balaban J connectivity index is 2.32. The highest BCUT2D eigenvalue weighted by Crippen LogP contribution is 2.21. The fourth-order valence-corrected chi connectivity index (χ4v) is 2.05. The van der Waals surface area contributed by atoms with Gasteiger partial charge in [-0.25, -0.2) is 0 Å². The Hall–Kier alpha value is -1.02. The molecular weight excluding hydrogens is 236 g/mol. The third-order valence-electron chi connectivity index (χ3n) is 2.83. The molecule has 17 heavy (non-hydrogen) atoms. The maximum Gasteiger partial charge on any atom is 0.305 e. The molecule has 0 radical (unpaired) electrons. The quantitative estimate of drug-likeness (QED) is 0.721. The number of rotatable bonds is 6. The number of hydrogen-bond acceptors (Lipinski definition) is 2. The van der Waals surface area contributed by atoms with Gasteiger partial charge in [-0.15, -0.1) is 0 Å². The van der Waals surface area contributed by atoms with Crippen LogP contribution in [0.1, 0.15) is 31.7 Å². The van der Waals surface area contributed by atoms with E-state index in [4.69, 9.17) is 11.6 Å². The van der Waals surface area contributed by atoms with Gasteiger partial charge in [0, 0.05) is 11.4 Å². The van der Waals surface area contributed by atoms with E-state index in [2.05, 4.69) is 17.7 Å². The van der Waals surface area contributed by atoms with Crippen LogP contribution in [0.2, 0.25) is 5.02 Å². The van der Waals surface area contributed by atoms with Gasteiger partial charge in [0.2, 0.25) is 0 Å². The highest BCUT2D eigenvalue weighted by Gasteiger charge is 2.08. The van der Waals surface area contributed by atoms with Crippen LogP contribution in [0.25, 0.3) is 0 Å². The van der Waals surface area contributed by atoms with Crippen LogP contribution < -0.4 is 0 Å². The molecule has 0 saturated heterocycles. The zero-order valence-electron chi connectivity index (χ0n) is 10.4. The summed E-state index contributed by atoms with van der Waals surface area (Å²) in [5.74, 6) is 0.398. The van der Waals surface area contributed by atoms with Crippen LogP contribution >= 0.6 is 11.6 Å². The van der Waals surface area contributed by atoms with E-state index in [1.807, 2.05) is 18.2 Å². The average Bonchev–Trinajstić information content (AvgIpc) is 2.32. The summed E-state index contributed by atoms with van der Waals surface area (Å²) in [6.07, 6.45) is 3.35. The third-order valence-corrected chi connectivity index (χ3v) is 3.20. The van der Waals surface area contributed by atoms with Crippen LogP contribution in [0.3, 0.4) is 0 Å². The van der Waals surface area contributed by atoms with Crippen molar-refractivity contribution in [3.05, 3.63) is 34.9 Å². The van der Waals surface area contributed by atoms with Crippen molar-refractivity contribution in [3.63, 3.8) is 0 Å². The molecule has 0 amide bonds.